The molecule has 0 saturated carbocycles. The van der Waals surface area contributed by atoms with Crippen molar-refractivity contribution in [3.8, 4) is 11.5 Å². The van der Waals surface area contributed by atoms with E-state index in [1.165, 1.54) is 11.8 Å². The number of fused-ring (bicyclic) bond motifs is 1. The summed E-state index contributed by atoms with van der Waals surface area (Å²) in [7, 11) is 3.18. The molecule has 112 valence electrons. The van der Waals surface area contributed by atoms with Crippen LogP contribution in [0.3, 0.4) is 0 Å². The van der Waals surface area contributed by atoms with Gasteiger partial charge in [0.2, 0.25) is 5.78 Å². The van der Waals surface area contributed by atoms with Crippen molar-refractivity contribution in [3.63, 3.8) is 0 Å². The molecule has 3 rings (SSSR count). The summed E-state index contributed by atoms with van der Waals surface area (Å²) in [4.78, 5) is 14.1. The predicted octanol–water partition coefficient (Wildman–Crippen LogP) is 4.80. The molecular weight excluding hydrogens is 364 g/mol. The fourth-order valence-corrected chi connectivity index (χ4v) is 3.98. The van der Waals surface area contributed by atoms with Crippen LogP contribution in [0.2, 0.25) is 0 Å². The molecule has 0 aliphatic carbocycles. The molecule has 22 heavy (non-hydrogen) atoms. The van der Waals surface area contributed by atoms with Crippen LogP contribution in [0.1, 0.15) is 15.9 Å². The number of methoxy groups -OCH3 is 2. The lowest BCUT2D eigenvalue weighted by molar-refractivity contribution is 0.104. The van der Waals surface area contributed by atoms with E-state index in [2.05, 4.69) is 15.9 Å². The number of ether oxygens (including phenoxy) is 2. The summed E-state index contributed by atoms with van der Waals surface area (Å²) in [6.07, 6.45) is 1.87. The van der Waals surface area contributed by atoms with Crippen LogP contribution in [0.4, 0.5) is 0 Å². The fraction of sp³-hybridized carbons (Fsp3) is 0.118. The Morgan fingerprint density at radius 1 is 1.14 bits per heavy atom. The minimum Gasteiger partial charge on any atom is -0.493 e. The van der Waals surface area contributed by atoms with Crippen LogP contribution in [0.5, 0.6) is 11.5 Å². The number of thioether (sulfide) groups is 1. The van der Waals surface area contributed by atoms with E-state index in [1.54, 1.807) is 14.2 Å². The number of carbonyl (C=O) groups excluding carboxylic acids is 1. The lowest BCUT2D eigenvalue weighted by Gasteiger charge is -2.10. The van der Waals surface area contributed by atoms with Gasteiger partial charge >= 0.3 is 0 Å². The highest BCUT2D eigenvalue weighted by Crippen LogP contribution is 2.42. The summed E-state index contributed by atoms with van der Waals surface area (Å²) in [6.45, 7) is 0. The second-order valence-corrected chi connectivity index (χ2v) is 6.61. The monoisotopic (exact) mass is 376 g/mol. The first-order chi connectivity index (χ1) is 10.6. The van der Waals surface area contributed by atoms with Gasteiger partial charge in [0, 0.05) is 10.5 Å². The molecule has 1 heterocycles. The summed E-state index contributed by atoms with van der Waals surface area (Å²) in [6, 6.07) is 11.4. The molecule has 2 aromatic carbocycles. The van der Waals surface area contributed by atoms with Crippen molar-refractivity contribution >= 4 is 39.6 Å². The molecule has 0 bridgehead atoms. The smallest absolute Gasteiger partial charge is 0.200 e. The molecule has 0 spiro atoms. The quantitative estimate of drug-likeness (QED) is 0.721. The van der Waals surface area contributed by atoms with Crippen LogP contribution in [0, 0.1) is 0 Å². The Morgan fingerprint density at radius 3 is 2.59 bits per heavy atom. The molecule has 0 amide bonds. The Kier molecular flexibility index (Phi) is 4.27. The highest BCUT2D eigenvalue weighted by molar-refractivity contribution is 9.10. The van der Waals surface area contributed by atoms with Gasteiger partial charge in [-0.1, -0.05) is 23.9 Å². The largest absolute Gasteiger partial charge is 0.493 e. The molecule has 3 nitrogen and oxygen atoms in total. The maximum atomic E-state index is 12.4. The van der Waals surface area contributed by atoms with Crippen LogP contribution < -0.4 is 9.47 Å². The molecule has 2 aromatic rings. The van der Waals surface area contributed by atoms with E-state index < -0.39 is 0 Å². The first kappa shape index (κ1) is 15.2. The molecular formula is C17H13BrO3S. The van der Waals surface area contributed by atoms with Crippen molar-refractivity contribution in [3.05, 3.63) is 56.9 Å². The number of hydrogen-bond acceptors (Lipinski definition) is 4. The Bertz CT molecular complexity index is 783. The summed E-state index contributed by atoms with van der Waals surface area (Å²) in [5.74, 6) is 1.32. The molecule has 0 radical (unpaired) electrons. The third kappa shape index (κ3) is 2.66. The Labute approximate surface area is 141 Å². The summed E-state index contributed by atoms with van der Waals surface area (Å²) in [5.41, 5.74) is 1.64. The lowest BCUT2D eigenvalue weighted by Crippen LogP contribution is -1.95. The number of hydrogen-bond donors (Lipinski definition) is 0. The van der Waals surface area contributed by atoms with E-state index in [9.17, 15) is 4.79 Å². The van der Waals surface area contributed by atoms with E-state index in [0.717, 1.165) is 20.5 Å². The Morgan fingerprint density at radius 2 is 1.91 bits per heavy atom. The van der Waals surface area contributed by atoms with Crippen molar-refractivity contribution < 1.29 is 14.3 Å². The zero-order chi connectivity index (χ0) is 15.7. The van der Waals surface area contributed by atoms with Gasteiger partial charge < -0.3 is 9.47 Å². The second kappa shape index (κ2) is 6.18. The molecule has 1 aliphatic heterocycles. The third-order valence-electron chi connectivity index (χ3n) is 3.33. The minimum absolute atomic E-state index is 0.0616. The molecule has 0 saturated heterocycles. The van der Waals surface area contributed by atoms with Crippen LogP contribution >= 0.6 is 27.7 Å². The highest BCUT2D eigenvalue weighted by Gasteiger charge is 2.25. The average Bonchev–Trinajstić information content (AvgIpc) is 2.83. The Balaban J connectivity index is 2.01. The van der Waals surface area contributed by atoms with Gasteiger partial charge in [-0.2, -0.15) is 0 Å². The molecule has 1 aliphatic rings. The van der Waals surface area contributed by atoms with Crippen LogP contribution in [-0.2, 0) is 0 Å². The number of benzene rings is 2. The maximum absolute atomic E-state index is 12.4. The zero-order valence-electron chi connectivity index (χ0n) is 12.1. The SMILES string of the molecule is COc1cc(/C=C2/Sc3ccccc3C2=O)cc(Br)c1OC. The predicted molar refractivity (Wildman–Crippen MR) is 91.9 cm³/mol. The van der Waals surface area contributed by atoms with Crippen molar-refractivity contribution in [2.45, 2.75) is 4.90 Å². The zero-order valence-corrected chi connectivity index (χ0v) is 14.5. The molecule has 5 heteroatoms. The molecule has 0 aromatic heterocycles. The van der Waals surface area contributed by atoms with Gasteiger partial charge in [0.05, 0.1) is 23.6 Å². The van der Waals surface area contributed by atoms with Gasteiger partial charge in [-0.25, -0.2) is 0 Å². The minimum atomic E-state index is 0.0616. The normalized spacial score (nSPS) is 15.0. The average molecular weight is 377 g/mol. The van der Waals surface area contributed by atoms with Crippen molar-refractivity contribution in [2.75, 3.05) is 14.2 Å². The van der Waals surface area contributed by atoms with Crippen LogP contribution in [0.15, 0.2) is 50.7 Å². The first-order valence-corrected chi connectivity index (χ1v) is 8.19. The van der Waals surface area contributed by atoms with E-state index >= 15 is 0 Å². The van der Waals surface area contributed by atoms with Gasteiger partial charge in [-0.05, 0) is 51.8 Å². The maximum Gasteiger partial charge on any atom is 0.200 e. The lowest BCUT2D eigenvalue weighted by atomic mass is 10.1. The first-order valence-electron chi connectivity index (χ1n) is 6.59. The molecule has 0 fully saturated rings. The molecule has 0 N–H and O–H groups in total. The van der Waals surface area contributed by atoms with Crippen molar-refractivity contribution in [1.29, 1.82) is 0 Å². The van der Waals surface area contributed by atoms with E-state index in [1.807, 2.05) is 42.5 Å². The topological polar surface area (TPSA) is 35.5 Å². The van der Waals surface area contributed by atoms with E-state index in [-0.39, 0.29) is 5.78 Å². The van der Waals surface area contributed by atoms with Gasteiger partial charge in [0.25, 0.3) is 0 Å². The number of carbonyl (C=O) groups is 1. The number of rotatable bonds is 3. The van der Waals surface area contributed by atoms with Crippen molar-refractivity contribution in [2.24, 2.45) is 0 Å². The van der Waals surface area contributed by atoms with Gasteiger partial charge in [0.15, 0.2) is 11.5 Å². The van der Waals surface area contributed by atoms with E-state index in [0.29, 0.717) is 16.4 Å². The Hall–Kier alpha value is -1.72. The number of Topliss-reactive ketones (excluding diaryl/α,β-unsaturated/α-hetero) is 1. The van der Waals surface area contributed by atoms with Crippen molar-refractivity contribution in [1.82, 2.24) is 0 Å². The number of ketones is 1. The van der Waals surface area contributed by atoms with Crippen LogP contribution in [0.25, 0.3) is 6.08 Å². The standard InChI is InChI=1S/C17H13BrO3S/c1-20-13-8-10(7-12(18)17(13)21-2)9-15-16(19)11-5-3-4-6-14(11)22-15/h3-9H,1-2H3/b15-9+. The number of halogens is 1. The number of allylic oxidation sites excluding steroid dienone is 1. The summed E-state index contributed by atoms with van der Waals surface area (Å²) >= 11 is 4.96. The highest BCUT2D eigenvalue weighted by atomic mass is 79.9. The van der Waals surface area contributed by atoms with Gasteiger partial charge in [0.1, 0.15) is 0 Å². The molecule has 0 atom stereocenters. The fourth-order valence-electron chi connectivity index (χ4n) is 2.31. The van der Waals surface area contributed by atoms with E-state index in [4.69, 9.17) is 9.47 Å². The third-order valence-corrected chi connectivity index (χ3v) is 5.02. The summed E-state index contributed by atoms with van der Waals surface area (Å²) < 4.78 is 11.4. The van der Waals surface area contributed by atoms with Crippen LogP contribution in [-0.4, -0.2) is 20.0 Å². The summed E-state index contributed by atoms with van der Waals surface area (Å²) in [5, 5.41) is 0. The van der Waals surface area contributed by atoms with Gasteiger partial charge in [-0.15, -0.1) is 0 Å². The van der Waals surface area contributed by atoms with Gasteiger partial charge in [-0.3, -0.25) is 4.79 Å². The second-order valence-electron chi connectivity index (χ2n) is 4.67. The molecule has 0 unspecified atom stereocenters.